The summed E-state index contributed by atoms with van der Waals surface area (Å²) in [7, 11) is 0. The number of hydrogen-bond acceptors (Lipinski definition) is 0. The fourth-order valence-electron chi connectivity index (χ4n) is 5.64. The molecule has 5 rings (SSSR count). The van der Waals surface area contributed by atoms with Crippen LogP contribution in [0.4, 0.5) is 0 Å². The maximum atomic E-state index is 2.39. The van der Waals surface area contributed by atoms with Crippen molar-refractivity contribution in [1.29, 1.82) is 0 Å². The zero-order valence-corrected chi connectivity index (χ0v) is 28.4. The van der Waals surface area contributed by atoms with E-state index in [1.807, 2.05) is 13.8 Å². The van der Waals surface area contributed by atoms with Gasteiger partial charge >= 0.3 is 0 Å². The molecule has 224 valence electrons. The molecule has 0 spiro atoms. The molecule has 5 saturated carbocycles. The van der Waals surface area contributed by atoms with Crippen LogP contribution in [-0.4, -0.2) is 0 Å². The van der Waals surface area contributed by atoms with E-state index in [-0.39, 0.29) is 0 Å². The first-order valence-electron chi connectivity index (χ1n) is 17.2. The Balaban J connectivity index is 0.000000435. The summed E-state index contributed by atoms with van der Waals surface area (Å²) in [6.07, 6.45) is 30.8. The van der Waals surface area contributed by atoms with Gasteiger partial charge in [0.15, 0.2) is 0 Å². The Morgan fingerprint density at radius 3 is 0.730 bits per heavy atom. The molecule has 0 amide bonds. The Morgan fingerprint density at radius 2 is 0.541 bits per heavy atom. The first-order valence-corrected chi connectivity index (χ1v) is 17.2. The molecule has 0 aromatic rings. The Kier molecular flexibility index (Phi) is 19.1. The second-order valence-corrected chi connectivity index (χ2v) is 16.2. The van der Waals surface area contributed by atoms with E-state index in [1.165, 1.54) is 135 Å². The molecule has 0 aromatic carbocycles. The highest BCUT2D eigenvalue weighted by Crippen LogP contribution is 2.43. The number of hydrogen-bond donors (Lipinski definition) is 0. The molecular weight excluding hydrogens is 444 g/mol. The molecule has 37 heavy (non-hydrogen) atoms. The second kappa shape index (κ2) is 19.1. The van der Waals surface area contributed by atoms with Gasteiger partial charge in [0.25, 0.3) is 0 Å². The van der Waals surface area contributed by atoms with Gasteiger partial charge in [-0.05, 0) is 78.9 Å². The zero-order valence-electron chi connectivity index (χ0n) is 28.4. The van der Waals surface area contributed by atoms with Gasteiger partial charge in [0.2, 0.25) is 0 Å². The molecule has 0 saturated heterocycles. The van der Waals surface area contributed by atoms with Gasteiger partial charge in [0.1, 0.15) is 0 Å². The first-order chi connectivity index (χ1) is 17.2. The molecule has 0 nitrogen and oxygen atoms in total. The highest BCUT2D eigenvalue weighted by Gasteiger charge is 2.30. The largest absolute Gasteiger partial charge is 0.0683 e. The normalized spacial score (nSPS) is 26.4. The summed E-state index contributed by atoms with van der Waals surface area (Å²) in [5.74, 6) is 1.02. The minimum atomic E-state index is 0.679. The molecule has 0 N–H and O–H groups in total. The van der Waals surface area contributed by atoms with Gasteiger partial charge in [-0.15, -0.1) is 0 Å². The van der Waals surface area contributed by atoms with Gasteiger partial charge in [-0.3, -0.25) is 0 Å². The molecule has 0 atom stereocenters. The SMILES string of the molecule is CC.CC1(C)CC1.CC1(C)CCC1.CC1(C)CCCC1.CC1(C)CCCCC1.CC1CCCCCCC1. The lowest BCUT2D eigenvalue weighted by Gasteiger charge is -2.33. The molecular formula is C37H76. The van der Waals surface area contributed by atoms with E-state index >= 15 is 0 Å². The molecule has 0 heterocycles. The van der Waals surface area contributed by atoms with E-state index in [0.717, 1.165) is 16.7 Å². The third kappa shape index (κ3) is 23.6. The smallest absolute Gasteiger partial charge is 0.0354 e. The molecule has 0 unspecified atom stereocenters. The molecule has 0 radical (unpaired) electrons. The van der Waals surface area contributed by atoms with Crippen molar-refractivity contribution in [2.45, 2.75) is 211 Å². The second-order valence-electron chi connectivity index (χ2n) is 16.2. The summed E-state index contributed by atoms with van der Waals surface area (Å²) in [4.78, 5) is 0. The van der Waals surface area contributed by atoms with Crippen LogP contribution < -0.4 is 0 Å². The van der Waals surface area contributed by atoms with Crippen LogP contribution in [0.3, 0.4) is 0 Å². The van der Waals surface area contributed by atoms with Crippen LogP contribution in [0, 0.1) is 27.6 Å². The average Bonchev–Trinajstić information content (AvgIpc) is 3.34. The summed E-state index contributed by atoms with van der Waals surface area (Å²) in [6, 6.07) is 0. The van der Waals surface area contributed by atoms with Gasteiger partial charge in [-0.25, -0.2) is 0 Å². The summed E-state index contributed by atoms with van der Waals surface area (Å²) < 4.78 is 0. The summed E-state index contributed by atoms with van der Waals surface area (Å²) in [5.41, 5.74) is 2.85. The van der Waals surface area contributed by atoms with Crippen molar-refractivity contribution >= 4 is 0 Å². The van der Waals surface area contributed by atoms with E-state index in [1.54, 1.807) is 0 Å². The van der Waals surface area contributed by atoms with Crippen molar-refractivity contribution in [3.05, 3.63) is 0 Å². The van der Waals surface area contributed by atoms with E-state index in [2.05, 4.69) is 62.3 Å². The van der Waals surface area contributed by atoms with E-state index in [0.29, 0.717) is 10.8 Å². The van der Waals surface area contributed by atoms with Crippen molar-refractivity contribution in [2.24, 2.45) is 27.6 Å². The maximum Gasteiger partial charge on any atom is -0.0354 e. The molecule has 5 fully saturated rings. The minimum absolute atomic E-state index is 0.679. The lowest BCUT2D eigenvalue weighted by molar-refractivity contribution is 0.190. The molecule has 0 bridgehead atoms. The van der Waals surface area contributed by atoms with Gasteiger partial charge < -0.3 is 0 Å². The van der Waals surface area contributed by atoms with Crippen molar-refractivity contribution in [1.82, 2.24) is 0 Å². The third-order valence-corrected chi connectivity index (χ3v) is 9.52. The molecule has 0 aromatic heterocycles. The predicted octanol–water partition coefficient (Wildman–Crippen LogP) is 14.0. The van der Waals surface area contributed by atoms with Crippen LogP contribution in [0.2, 0.25) is 0 Å². The monoisotopic (exact) mass is 521 g/mol. The van der Waals surface area contributed by atoms with Crippen LogP contribution in [0.25, 0.3) is 0 Å². The minimum Gasteiger partial charge on any atom is -0.0683 e. The van der Waals surface area contributed by atoms with E-state index in [4.69, 9.17) is 0 Å². The van der Waals surface area contributed by atoms with Crippen molar-refractivity contribution in [2.75, 3.05) is 0 Å². The molecule has 5 aliphatic carbocycles. The van der Waals surface area contributed by atoms with Crippen LogP contribution >= 0.6 is 0 Å². The van der Waals surface area contributed by atoms with Crippen LogP contribution in [0.1, 0.15) is 211 Å². The van der Waals surface area contributed by atoms with Crippen molar-refractivity contribution in [3.63, 3.8) is 0 Å². The van der Waals surface area contributed by atoms with Gasteiger partial charge in [0.05, 0.1) is 0 Å². The maximum absolute atomic E-state index is 2.39. The molecule has 0 aliphatic heterocycles. The van der Waals surface area contributed by atoms with Crippen LogP contribution in [0.5, 0.6) is 0 Å². The standard InChI is InChI=1S/C9H18.C8H16.C7H14.C6H12.C5H10.C2H6/c1-9-7-5-3-2-4-6-8-9;1-8(2)6-4-3-5-7-8;1-7(2)5-3-4-6-7;1-6(2)4-3-5-6;1-5(2)3-4-5;1-2/h9H,2-8H2,1H3;3-7H2,1-2H3;3-6H2,1-2H3;3-5H2,1-2H3;3-4H2,1-2H3;1-2H3. The van der Waals surface area contributed by atoms with Crippen LogP contribution in [-0.2, 0) is 0 Å². The Morgan fingerprint density at radius 1 is 0.324 bits per heavy atom. The molecule has 0 heteroatoms. The average molecular weight is 521 g/mol. The number of rotatable bonds is 0. The Labute approximate surface area is 238 Å². The quantitative estimate of drug-likeness (QED) is 0.298. The fourth-order valence-corrected chi connectivity index (χ4v) is 5.64. The fraction of sp³-hybridized carbons (Fsp3) is 1.00. The highest BCUT2D eigenvalue weighted by atomic mass is 14.4. The van der Waals surface area contributed by atoms with Gasteiger partial charge in [-0.2, -0.15) is 0 Å². The van der Waals surface area contributed by atoms with Crippen molar-refractivity contribution < 1.29 is 0 Å². The zero-order chi connectivity index (χ0) is 28.4. The Bertz CT molecular complexity index is 484. The lowest BCUT2D eigenvalue weighted by Crippen LogP contribution is -2.20. The predicted molar refractivity (Wildman–Crippen MR) is 173 cm³/mol. The molecule has 5 aliphatic rings. The van der Waals surface area contributed by atoms with Gasteiger partial charge in [-0.1, -0.05) is 160 Å². The highest BCUT2D eigenvalue weighted by molar-refractivity contribution is 4.82. The van der Waals surface area contributed by atoms with Gasteiger partial charge in [0, 0.05) is 0 Å². The van der Waals surface area contributed by atoms with E-state index < -0.39 is 0 Å². The summed E-state index contributed by atoms with van der Waals surface area (Å²) >= 11 is 0. The van der Waals surface area contributed by atoms with Crippen molar-refractivity contribution in [3.8, 4) is 0 Å². The Hall–Kier alpha value is 0. The third-order valence-electron chi connectivity index (χ3n) is 9.52. The first kappa shape index (κ1) is 37.0. The van der Waals surface area contributed by atoms with E-state index in [9.17, 15) is 0 Å². The summed E-state index contributed by atoms with van der Waals surface area (Å²) in [5, 5.41) is 0. The topological polar surface area (TPSA) is 0 Å². The lowest BCUT2D eigenvalue weighted by atomic mass is 9.72. The van der Waals surface area contributed by atoms with Crippen LogP contribution in [0.15, 0.2) is 0 Å². The summed E-state index contributed by atoms with van der Waals surface area (Å²) in [6.45, 7) is 25.1.